The van der Waals surface area contributed by atoms with Crippen molar-refractivity contribution in [3.05, 3.63) is 23.8 Å². The highest BCUT2D eigenvalue weighted by molar-refractivity contribution is 7.98. The number of aryl methyl sites for hydroxylation is 1. The Morgan fingerprint density at radius 2 is 2.11 bits per heavy atom. The fourth-order valence-electron chi connectivity index (χ4n) is 1.62. The maximum Gasteiger partial charge on any atom is 0.458 e. The van der Waals surface area contributed by atoms with Gasteiger partial charge in [-0.3, -0.25) is 4.52 Å². The molecule has 0 aromatic heterocycles. The second-order valence-corrected chi connectivity index (χ2v) is 6.96. The maximum absolute atomic E-state index is 12.5. The van der Waals surface area contributed by atoms with Crippen molar-refractivity contribution in [3.8, 4) is 5.75 Å². The molecule has 1 aromatic rings. The van der Waals surface area contributed by atoms with Crippen LogP contribution in [0, 0.1) is 6.92 Å². The van der Waals surface area contributed by atoms with Crippen LogP contribution in [-0.2, 0) is 9.09 Å². The first-order valence-electron chi connectivity index (χ1n) is 6.27. The van der Waals surface area contributed by atoms with E-state index in [0.717, 1.165) is 5.56 Å². The Kier molecular flexibility index (Phi) is 6.40. The third kappa shape index (κ3) is 5.19. The number of rotatable bonds is 7. The number of thioether (sulfide) groups is 1. The van der Waals surface area contributed by atoms with Crippen LogP contribution in [0.5, 0.6) is 5.75 Å². The summed E-state index contributed by atoms with van der Waals surface area (Å²) in [5, 5.41) is 2.86. The number of nitrogens with one attached hydrogen (secondary N) is 1. The van der Waals surface area contributed by atoms with Crippen LogP contribution in [0.1, 0.15) is 26.3 Å². The first-order chi connectivity index (χ1) is 8.90. The van der Waals surface area contributed by atoms with Gasteiger partial charge in [-0.15, -0.1) is 11.8 Å². The van der Waals surface area contributed by atoms with Crippen LogP contribution in [0.4, 0.5) is 0 Å². The minimum absolute atomic E-state index is 0.0175. The van der Waals surface area contributed by atoms with E-state index >= 15 is 0 Å². The van der Waals surface area contributed by atoms with Gasteiger partial charge in [-0.25, -0.2) is 9.65 Å². The van der Waals surface area contributed by atoms with Gasteiger partial charge in [-0.2, -0.15) is 0 Å². The second-order valence-electron chi connectivity index (χ2n) is 4.42. The highest BCUT2D eigenvalue weighted by Crippen LogP contribution is 2.45. The zero-order chi connectivity index (χ0) is 14.5. The molecule has 0 aliphatic rings. The van der Waals surface area contributed by atoms with Crippen molar-refractivity contribution in [1.29, 1.82) is 0 Å². The lowest BCUT2D eigenvalue weighted by atomic mass is 10.2. The molecule has 0 amide bonds. The Hall–Kier alpha value is -0.480. The molecule has 0 spiro atoms. The van der Waals surface area contributed by atoms with Gasteiger partial charge in [0.1, 0.15) is 5.75 Å². The topological polar surface area (TPSA) is 47.6 Å². The van der Waals surface area contributed by atoms with Crippen molar-refractivity contribution in [2.24, 2.45) is 0 Å². The summed E-state index contributed by atoms with van der Waals surface area (Å²) in [4.78, 5) is 1.18. The molecule has 1 N–H and O–H groups in total. The first kappa shape index (κ1) is 16.6. The van der Waals surface area contributed by atoms with Crippen LogP contribution in [0.2, 0.25) is 0 Å². The zero-order valence-corrected chi connectivity index (χ0v) is 13.8. The lowest BCUT2D eigenvalue weighted by molar-refractivity contribution is 0.265. The van der Waals surface area contributed by atoms with Crippen molar-refractivity contribution in [3.63, 3.8) is 0 Å². The van der Waals surface area contributed by atoms with E-state index in [0.29, 0.717) is 12.4 Å². The third-order valence-electron chi connectivity index (χ3n) is 2.31. The van der Waals surface area contributed by atoms with E-state index in [1.54, 1.807) is 18.7 Å². The number of benzene rings is 1. The van der Waals surface area contributed by atoms with E-state index in [-0.39, 0.29) is 6.04 Å². The molecule has 0 fully saturated rings. The molecule has 0 aliphatic heterocycles. The summed E-state index contributed by atoms with van der Waals surface area (Å²) < 4.78 is 23.3. The largest absolute Gasteiger partial charge is 0.458 e. The SMILES string of the molecule is CCO[P@](=O)(NC(C)C)Oc1ccc(SC)c(C)c1. The summed E-state index contributed by atoms with van der Waals surface area (Å²) in [7, 11) is -3.30. The molecule has 6 heteroatoms. The standard InChI is InChI=1S/C13H22NO3PS/c1-6-16-18(15,14-10(2)3)17-12-7-8-13(19-5)11(4)9-12/h7-10H,6H2,1-5H3,(H,14,15)/t18-/m1/s1. The zero-order valence-electron chi connectivity index (χ0n) is 12.1. The Morgan fingerprint density at radius 1 is 1.42 bits per heavy atom. The summed E-state index contributed by atoms with van der Waals surface area (Å²) in [6, 6.07) is 5.66. The van der Waals surface area contributed by atoms with Crippen molar-refractivity contribution in [2.45, 2.75) is 38.6 Å². The summed E-state index contributed by atoms with van der Waals surface area (Å²) in [5.74, 6) is 0.556. The lowest BCUT2D eigenvalue weighted by Gasteiger charge is -2.21. The summed E-state index contributed by atoms with van der Waals surface area (Å²) in [6.45, 7) is 7.92. The molecule has 0 saturated heterocycles. The van der Waals surface area contributed by atoms with Gasteiger partial charge in [0.15, 0.2) is 0 Å². The Balaban J connectivity index is 2.90. The van der Waals surface area contributed by atoms with Crippen molar-refractivity contribution >= 4 is 19.5 Å². The molecule has 0 aliphatic carbocycles. The van der Waals surface area contributed by atoms with Gasteiger partial charge in [-0.05, 0) is 57.7 Å². The van der Waals surface area contributed by atoms with Crippen LogP contribution < -0.4 is 9.61 Å². The molecule has 0 radical (unpaired) electrons. The molecule has 4 nitrogen and oxygen atoms in total. The Morgan fingerprint density at radius 3 is 2.58 bits per heavy atom. The van der Waals surface area contributed by atoms with E-state index in [2.05, 4.69) is 5.09 Å². The van der Waals surface area contributed by atoms with Crippen molar-refractivity contribution in [2.75, 3.05) is 12.9 Å². The predicted octanol–water partition coefficient (Wildman–Crippen LogP) is 4.24. The molecular weight excluding hydrogens is 281 g/mol. The summed E-state index contributed by atoms with van der Waals surface area (Å²) in [6.07, 6.45) is 2.02. The average Bonchev–Trinajstić information content (AvgIpc) is 2.27. The molecule has 1 rings (SSSR count). The maximum atomic E-state index is 12.5. The molecule has 1 atom stereocenters. The number of hydrogen-bond donors (Lipinski definition) is 1. The van der Waals surface area contributed by atoms with Gasteiger partial charge in [0.05, 0.1) is 6.61 Å². The summed E-state index contributed by atoms with van der Waals surface area (Å²) >= 11 is 1.67. The van der Waals surface area contributed by atoms with E-state index in [4.69, 9.17) is 9.05 Å². The first-order valence-corrected chi connectivity index (χ1v) is 9.03. The Bertz CT molecular complexity index is 465. The average molecular weight is 303 g/mol. The predicted molar refractivity (Wildman–Crippen MR) is 81.1 cm³/mol. The fourth-order valence-corrected chi connectivity index (χ4v) is 3.75. The smallest absolute Gasteiger partial charge is 0.413 e. The van der Waals surface area contributed by atoms with E-state index in [9.17, 15) is 4.57 Å². The normalized spacial score (nSPS) is 14.4. The molecule has 1 aromatic carbocycles. The monoisotopic (exact) mass is 303 g/mol. The van der Waals surface area contributed by atoms with E-state index in [1.165, 1.54) is 4.90 Å². The third-order valence-corrected chi connectivity index (χ3v) is 5.09. The molecule has 0 unspecified atom stereocenters. The fraction of sp³-hybridized carbons (Fsp3) is 0.538. The molecular formula is C13H22NO3PS. The van der Waals surface area contributed by atoms with Gasteiger partial charge in [0, 0.05) is 10.9 Å². The molecule has 108 valence electrons. The minimum Gasteiger partial charge on any atom is -0.413 e. The van der Waals surface area contributed by atoms with Crippen LogP contribution in [0.25, 0.3) is 0 Å². The quantitative estimate of drug-likeness (QED) is 0.603. The molecule has 0 heterocycles. The van der Waals surface area contributed by atoms with E-state index in [1.807, 2.05) is 45.2 Å². The van der Waals surface area contributed by atoms with Crippen LogP contribution >= 0.6 is 19.5 Å². The van der Waals surface area contributed by atoms with E-state index < -0.39 is 7.75 Å². The van der Waals surface area contributed by atoms with Crippen molar-refractivity contribution < 1.29 is 13.6 Å². The van der Waals surface area contributed by atoms with Crippen LogP contribution in [-0.4, -0.2) is 18.9 Å². The Labute approximate surface area is 119 Å². The van der Waals surface area contributed by atoms with Crippen LogP contribution in [0.3, 0.4) is 0 Å². The molecule has 19 heavy (non-hydrogen) atoms. The number of hydrogen-bond acceptors (Lipinski definition) is 4. The van der Waals surface area contributed by atoms with Gasteiger partial charge in [0.2, 0.25) is 0 Å². The highest BCUT2D eigenvalue weighted by atomic mass is 32.2. The highest BCUT2D eigenvalue weighted by Gasteiger charge is 2.26. The molecule has 0 bridgehead atoms. The summed E-state index contributed by atoms with van der Waals surface area (Å²) in [5.41, 5.74) is 1.09. The van der Waals surface area contributed by atoms with Gasteiger partial charge in [0.25, 0.3) is 0 Å². The van der Waals surface area contributed by atoms with Crippen LogP contribution in [0.15, 0.2) is 23.1 Å². The lowest BCUT2D eigenvalue weighted by Crippen LogP contribution is -2.23. The van der Waals surface area contributed by atoms with Crippen molar-refractivity contribution in [1.82, 2.24) is 5.09 Å². The minimum atomic E-state index is -3.30. The molecule has 0 saturated carbocycles. The van der Waals surface area contributed by atoms with Gasteiger partial charge in [-0.1, -0.05) is 0 Å². The van der Waals surface area contributed by atoms with Gasteiger partial charge < -0.3 is 4.52 Å². The van der Waals surface area contributed by atoms with Gasteiger partial charge >= 0.3 is 7.75 Å². The second kappa shape index (κ2) is 7.34.